The van der Waals surface area contributed by atoms with E-state index >= 15 is 0 Å². The van der Waals surface area contributed by atoms with Crippen LogP contribution in [0.3, 0.4) is 0 Å². The summed E-state index contributed by atoms with van der Waals surface area (Å²) in [5.74, 6) is 0.756. The number of sulfone groups is 2. The molecular formula is C16H18N2O4S4. The van der Waals surface area contributed by atoms with Gasteiger partial charge in [0.2, 0.25) is 0 Å². The van der Waals surface area contributed by atoms with Crippen molar-refractivity contribution in [2.24, 2.45) is 0 Å². The Hall–Kier alpha value is -0.840. The number of fused-ring (bicyclic) bond motifs is 1. The fourth-order valence-corrected chi connectivity index (χ4v) is 10.3. The molecule has 0 aliphatic carbocycles. The molecule has 0 saturated carbocycles. The maximum Gasteiger partial charge on any atom is 0.151 e. The first-order valence-electron chi connectivity index (χ1n) is 8.31. The van der Waals surface area contributed by atoms with E-state index in [2.05, 4.69) is 0 Å². The second-order valence-corrected chi connectivity index (χ2v) is 13.6. The van der Waals surface area contributed by atoms with Crippen LogP contribution in [0.5, 0.6) is 0 Å². The van der Waals surface area contributed by atoms with Crippen LogP contribution in [-0.2, 0) is 19.7 Å². The molecule has 2 aliphatic heterocycles. The van der Waals surface area contributed by atoms with Crippen molar-refractivity contribution in [2.75, 3.05) is 23.0 Å². The van der Waals surface area contributed by atoms with Gasteiger partial charge >= 0.3 is 0 Å². The van der Waals surface area contributed by atoms with Gasteiger partial charge in [-0.05, 0) is 25.0 Å². The molecule has 2 aromatic rings. The number of benzene rings is 1. The Morgan fingerprint density at radius 1 is 0.769 bits per heavy atom. The lowest BCUT2D eigenvalue weighted by atomic mass is 10.3. The van der Waals surface area contributed by atoms with Crippen molar-refractivity contribution in [3.05, 3.63) is 24.3 Å². The number of para-hydroxylation sites is 2. The number of thioether (sulfide) groups is 2. The van der Waals surface area contributed by atoms with Gasteiger partial charge in [0.25, 0.3) is 0 Å². The van der Waals surface area contributed by atoms with Crippen LogP contribution in [0.15, 0.2) is 34.3 Å². The number of rotatable bonds is 4. The average Bonchev–Trinajstić information content (AvgIpc) is 3.09. The summed E-state index contributed by atoms with van der Waals surface area (Å²) in [5.41, 5.74) is 1.53. The number of hydrogen-bond donors (Lipinski definition) is 0. The molecule has 0 amide bonds. The zero-order chi connectivity index (χ0) is 18.4. The van der Waals surface area contributed by atoms with Gasteiger partial charge in [0.1, 0.15) is 10.1 Å². The summed E-state index contributed by atoms with van der Waals surface area (Å²) in [7, 11) is -5.93. The summed E-state index contributed by atoms with van der Waals surface area (Å²) in [5, 5.41) is 1.37. The van der Waals surface area contributed by atoms with Gasteiger partial charge in [-0.2, -0.15) is 0 Å². The highest BCUT2D eigenvalue weighted by Gasteiger charge is 2.32. The third-order valence-corrected chi connectivity index (χ3v) is 11.0. The van der Waals surface area contributed by atoms with E-state index in [0.717, 1.165) is 11.0 Å². The second kappa shape index (κ2) is 6.96. The predicted octanol–water partition coefficient (Wildman–Crippen LogP) is 2.19. The van der Waals surface area contributed by atoms with Crippen LogP contribution in [0.4, 0.5) is 0 Å². The van der Waals surface area contributed by atoms with Gasteiger partial charge in [0, 0.05) is 10.5 Å². The minimum Gasteiger partial charge on any atom is -0.237 e. The lowest BCUT2D eigenvalue weighted by molar-refractivity contribution is 0.600. The first-order chi connectivity index (χ1) is 12.3. The van der Waals surface area contributed by atoms with Gasteiger partial charge in [-0.25, -0.2) is 26.8 Å². The van der Waals surface area contributed by atoms with E-state index in [9.17, 15) is 16.8 Å². The van der Waals surface area contributed by atoms with E-state index in [1.54, 1.807) is 0 Å². The third kappa shape index (κ3) is 4.18. The summed E-state index contributed by atoms with van der Waals surface area (Å²) in [4.78, 5) is 9.40. The van der Waals surface area contributed by atoms with Crippen LogP contribution in [-0.4, -0.2) is 60.3 Å². The first kappa shape index (κ1) is 18.5. The molecule has 2 atom stereocenters. The quantitative estimate of drug-likeness (QED) is 0.729. The Kier molecular flexibility index (Phi) is 4.96. The van der Waals surface area contributed by atoms with Gasteiger partial charge in [0.05, 0.1) is 34.0 Å². The van der Waals surface area contributed by atoms with Crippen molar-refractivity contribution < 1.29 is 16.8 Å². The largest absolute Gasteiger partial charge is 0.237 e. The highest BCUT2D eigenvalue weighted by Crippen LogP contribution is 2.39. The zero-order valence-electron chi connectivity index (χ0n) is 13.9. The molecule has 26 heavy (non-hydrogen) atoms. The highest BCUT2D eigenvalue weighted by atomic mass is 32.2. The van der Waals surface area contributed by atoms with E-state index in [0.29, 0.717) is 22.9 Å². The van der Waals surface area contributed by atoms with Crippen molar-refractivity contribution in [1.82, 2.24) is 9.97 Å². The molecule has 0 radical (unpaired) electrons. The molecule has 4 rings (SSSR count). The fourth-order valence-electron chi connectivity index (χ4n) is 3.14. The number of aromatic nitrogens is 2. The molecule has 140 valence electrons. The van der Waals surface area contributed by atoms with Gasteiger partial charge in [-0.3, -0.25) is 0 Å². The minimum absolute atomic E-state index is 0.0258. The SMILES string of the molecule is O=S1(=O)CC[C@@H](Sc2nc3ccccc3nc2S[C@H]2CCS(=O)(=O)C2)C1. The average molecular weight is 431 g/mol. The molecule has 0 unspecified atom stereocenters. The smallest absolute Gasteiger partial charge is 0.151 e. The van der Waals surface area contributed by atoms with Crippen LogP contribution < -0.4 is 0 Å². The Bertz CT molecular complexity index is 969. The normalized spacial score (nSPS) is 27.1. The number of hydrogen-bond acceptors (Lipinski definition) is 8. The van der Waals surface area contributed by atoms with Crippen LogP contribution >= 0.6 is 23.5 Å². The van der Waals surface area contributed by atoms with Crippen LogP contribution in [0, 0.1) is 0 Å². The lowest BCUT2D eigenvalue weighted by Gasteiger charge is -2.14. The molecule has 1 aromatic carbocycles. The van der Waals surface area contributed by atoms with Crippen molar-refractivity contribution >= 4 is 54.2 Å². The summed E-state index contributed by atoms with van der Waals surface area (Å²) < 4.78 is 47.0. The molecule has 2 saturated heterocycles. The molecule has 2 fully saturated rings. The van der Waals surface area contributed by atoms with Crippen molar-refractivity contribution in [3.63, 3.8) is 0 Å². The summed E-state index contributed by atoms with van der Waals surface area (Å²) in [6.07, 6.45) is 1.23. The third-order valence-electron chi connectivity index (χ3n) is 4.45. The Labute approximate surface area is 161 Å². The van der Waals surface area contributed by atoms with E-state index in [1.807, 2.05) is 24.3 Å². The van der Waals surface area contributed by atoms with Gasteiger partial charge in [0.15, 0.2) is 19.7 Å². The molecule has 10 heteroatoms. The molecule has 2 aliphatic rings. The first-order valence-corrected chi connectivity index (χ1v) is 13.7. The predicted molar refractivity (Wildman–Crippen MR) is 105 cm³/mol. The lowest BCUT2D eigenvalue weighted by Crippen LogP contribution is -2.09. The van der Waals surface area contributed by atoms with Gasteiger partial charge in [-0.1, -0.05) is 35.7 Å². The monoisotopic (exact) mass is 430 g/mol. The Balaban J connectivity index is 1.65. The summed E-state index contributed by atoms with van der Waals surface area (Å²) in [6.45, 7) is 0. The van der Waals surface area contributed by atoms with Crippen LogP contribution in [0.1, 0.15) is 12.8 Å². The van der Waals surface area contributed by atoms with Crippen molar-refractivity contribution in [1.29, 1.82) is 0 Å². The molecule has 3 heterocycles. The van der Waals surface area contributed by atoms with Crippen molar-refractivity contribution in [2.45, 2.75) is 33.4 Å². The molecule has 1 aromatic heterocycles. The molecule has 0 spiro atoms. The standard InChI is InChI=1S/C16H18N2O4S4/c19-25(20)7-5-11(9-25)23-15-16(24-12-6-8-26(21,22)10-12)18-14-4-2-1-3-13(14)17-15/h1-4,11-12H,5-10H2/t11-,12+. The van der Waals surface area contributed by atoms with Crippen LogP contribution in [0.2, 0.25) is 0 Å². The summed E-state index contributed by atoms with van der Waals surface area (Å²) >= 11 is 2.91. The summed E-state index contributed by atoms with van der Waals surface area (Å²) in [6, 6.07) is 7.54. The minimum atomic E-state index is -2.96. The Morgan fingerprint density at radius 2 is 1.19 bits per heavy atom. The maximum absolute atomic E-state index is 11.8. The number of nitrogens with zero attached hydrogens (tertiary/aromatic N) is 2. The Morgan fingerprint density at radius 3 is 1.54 bits per heavy atom. The van der Waals surface area contributed by atoms with E-state index in [1.165, 1.54) is 23.5 Å². The topological polar surface area (TPSA) is 94.1 Å². The van der Waals surface area contributed by atoms with Crippen LogP contribution in [0.25, 0.3) is 11.0 Å². The molecule has 0 bridgehead atoms. The van der Waals surface area contributed by atoms with Gasteiger partial charge in [-0.15, -0.1) is 0 Å². The highest BCUT2D eigenvalue weighted by molar-refractivity contribution is 8.04. The zero-order valence-corrected chi connectivity index (χ0v) is 17.1. The van der Waals surface area contributed by atoms with Gasteiger partial charge < -0.3 is 0 Å². The van der Waals surface area contributed by atoms with E-state index in [4.69, 9.17) is 9.97 Å². The van der Waals surface area contributed by atoms with E-state index in [-0.39, 0.29) is 33.5 Å². The van der Waals surface area contributed by atoms with E-state index < -0.39 is 19.7 Å². The second-order valence-electron chi connectivity index (χ2n) is 6.61. The molecule has 0 N–H and O–H groups in total. The maximum atomic E-state index is 11.8. The molecule has 6 nitrogen and oxygen atoms in total. The fraction of sp³-hybridized carbons (Fsp3) is 0.500. The molecular weight excluding hydrogens is 412 g/mol. The van der Waals surface area contributed by atoms with Crippen molar-refractivity contribution in [3.8, 4) is 0 Å².